The molecule has 1 aromatic rings. The van der Waals surface area contributed by atoms with E-state index in [1.807, 2.05) is 32.0 Å². The van der Waals surface area contributed by atoms with Crippen LogP contribution in [0.3, 0.4) is 0 Å². The highest BCUT2D eigenvalue weighted by Gasteiger charge is 2.14. The van der Waals surface area contributed by atoms with Crippen molar-refractivity contribution in [3.63, 3.8) is 0 Å². The first-order valence-electron chi connectivity index (χ1n) is 5.85. The minimum absolute atomic E-state index is 0.214. The third kappa shape index (κ3) is 4.19. The van der Waals surface area contributed by atoms with Crippen molar-refractivity contribution in [1.82, 2.24) is 0 Å². The molecule has 0 saturated heterocycles. The van der Waals surface area contributed by atoms with Gasteiger partial charge in [-0.1, -0.05) is 18.2 Å². The molecule has 0 heterocycles. The third-order valence-electron chi connectivity index (χ3n) is 2.68. The minimum Gasteiger partial charge on any atom is -0.456 e. The average Bonchev–Trinajstić information content (AvgIpc) is 2.15. The molecule has 0 aliphatic rings. The number of likely N-dealkylation sites (N-methyl/N-ethyl adjacent to an activating group) is 1. The van der Waals surface area contributed by atoms with Crippen molar-refractivity contribution in [3.8, 4) is 0 Å². The SMILES string of the molecule is Cc1cccc(C)c1C(=O)OCC[N+](C)(C)C. The maximum absolute atomic E-state index is 11.9. The number of rotatable bonds is 4. The van der Waals surface area contributed by atoms with Crippen LogP contribution in [-0.2, 0) is 4.74 Å². The number of hydrogen-bond donors (Lipinski definition) is 0. The van der Waals surface area contributed by atoms with Gasteiger partial charge in [-0.25, -0.2) is 4.79 Å². The molecular weight excluding hydrogens is 214 g/mol. The van der Waals surface area contributed by atoms with Crippen molar-refractivity contribution in [2.45, 2.75) is 13.8 Å². The van der Waals surface area contributed by atoms with Crippen molar-refractivity contribution in [1.29, 1.82) is 0 Å². The molecule has 3 nitrogen and oxygen atoms in total. The van der Waals surface area contributed by atoms with Gasteiger partial charge in [0, 0.05) is 0 Å². The Bertz CT molecular complexity index is 385. The summed E-state index contributed by atoms with van der Waals surface area (Å²) in [6.07, 6.45) is 0. The van der Waals surface area contributed by atoms with Crippen LogP contribution in [-0.4, -0.2) is 44.7 Å². The first kappa shape index (κ1) is 13.7. The molecular formula is C14H22NO2+. The number of hydrogen-bond acceptors (Lipinski definition) is 2. The van der Waals surface area contributed by atoms with Crippen LogP contribution in [0, 0.1) is 13.8 Å². The van der Waals surface area contributed by atoms with E-state index in [1.54, 1.807) is 0 Å². The highest BCUT2D eigenvalue weighted by atomic mass is 16.5. The zero-order chi connectivity index (χ0) is 13.1. The van der Waals surface area contributed by atoms with Gasteiger partial charge in [-0.2, -0.15) is 0 Å². The van der Waals surface area contributed by atoms with E-state index >= 15 is 0 Å². The number of esters is 1. The van der Waals surface area contributed by atoms with Crippen LogP contribution in [0.2, 0.25) is 0 Å². The van der Waals surface area contributed by atoms with E-state index in [2.05, 4.69) is 21.1 Å². The van der Waals surface area contributed by atoms with Crippen molar-refractivity contribution in [2.24, 2.45) is 0 Å². The standard InChI is InChI=1S/C14H22NO2/c1-11-7-6-8-12(2)13(11)14(16)17-10-9-15(3,4)5/h6-8H,9-10H2,1-5H3/q+1. The summed E-state index contributed by atoms with van der Waals surface area (Å²) in [6.45, 7) is 5.14. The van der Waals surface area contributed by atoms with Crippen molar-refractivity contribution in [3.05, 3.63) is 34.9 Å². The first-order chi connectivity index (χ1) is 7.81. The predicted molar refractivity (Wildman–Crippen MR) is 69.1 cm³/mol. The fourth-order valence-electron chi connectivity index (χ4n) is 1.62. The Hall–Kier alpha value is -1.35. The van der Waals surface area contributed by atoms with Crippen LogP contribution >= 0.6 is 0 Å². The molecule has 0 N–H and O–H groups in total. The van der Waals surface area contributed by atoms with Gasteiger partial charge in [0.2, 0.25) is 0 Å². The number of benzene rings is 1. The van der Waals surface area contributed by atoms with Gasteiger partial charge < -0.3 is 9.22 Å². The maximum atomic E-state index is 11.9. The van der Waals surface area contributed by atoms with Gasteiger partial charge in [0.05, 0.1) is 26.7 Å². The molecule has 0 bridgehead atoms. The average molecular weight is 236 g/mol. The predicted octanol–water partition coefficient (Wildman–Crippen LogP) is 2.17. The quantitative estimate of drug-likeness (QED) is 0.591. The summed E-state index contributed by atoms with van der Waals surface area (Å²) >= 11 is 0. The molecule has 0 saturated carbocycles. The van der Waals surface area contributed by atoms with E-state index < -0.39 is 0 Å². The van der Waals surface area contributed by atoms with Gasteiger partial charge in [-0.3, -0.25) is 0 Å². The van der Waals surface area contributed by atoms with Gasteiger partial charge in [0.25, 0.3) is 0 Å². The molecule has 1 rings (SSSR count). The van der Waals surface area contributed by atoms with E-state index in [4.69, 9.17) is 4.74 Å². The number of carbonyl (C=O) groups excluding carboxylic acids is 1. The molecule has 1 aromatic carbocycles. The summed E-state index contributed by atoms with van der Waals surface area (Å²) in [5, 5.41) is 0. The second-order valence-electron chi connectivity index (χ2n) is 5.42. The minimum atomic E-state index is -0.214. The maximum Gasteiger partial charge on any atom is 0.338 e. The second-order valence-corrected chi connectivity index (χ2v) is 5.42. The normalized spacial score (nSPS) is 11.4. The Morgan fingerprint density at radius 3 is 2.18 bits per heavy atom. The molecule has 0 aliphatic carbocycles. The number of carbonyl (C=O) groups is 1. The number of aryl methyl sites for hydroxylation is 2. The van der Waals surface area contributed by atoms with Gasteiger partial charge >= 0.3 is 5.97 Å². The van der Waals surface area contributed by atoms with E-state index in [1.165, 1.54) is 0 Å². The first-order valence-corrected chi connectivity index (χ1v) is 5.85. The number of quaternary nitrogens is 1. The highest BCUT2D eigenvalue weighted by molar-refractivity contribution is 5.92. The summed E-state index contributed by atoms with van der Waals surface area (Å²) in [7, 11) is 6.23. The zero-order valence-electron chi connectivity index (χ0n) is 11.4. The summed E-state index contributed by atoms with van der Waals surface area (Å²) in [6, 6.07) is 5.82. The van der Waals surface area contributed by atoms with Crippen molar-refractivity contribution < 1.29 is 14.0 Å². The van der Waals surface area contributed by atoms with E-state index in [0.717, 1.165) is 22.2 Å². The van der Waals surface area contributed by atoms with Crippen LogP contribution in [0.1, 0.15) is 21.5 Å². The largest absolute Gasteiger partial charge is 0.456 e. The molecule has 0 atom stereocenters. The molecule has 94 valence electrons. The topological polar surface area (TPSA) is 26.3 Å². The molecule has 0 amide bonds. The molecule has 3 heteroatoms. The lowest BCUT2D eigenvalue weighted by atomic mass is 10.0. The molecule has 0 aliphatic heterocycles. The fourth-order valence-corrected chi connectivity index (χ4v) is 1.62. The Labute approximate surface area is 104 Å². The van der Waals surface area contributed by atoms with Crippen LogP contribution in [0.5, 0.6) is 0 Å². The van der Waals surface area contributed by atoms with E-state index in [0.29, 0.717) is 12.2 Å². The summed E-state index contributed by atoms with van der Waals surface area (Å²) in [5.41, 5.74) is 2.65. The van der Waals surface area contributed by atoms with Gasteiger partial charge in [0.1, 0.15) is 13.2 Å². The van der Waals surface area contributed by atoms with Crippen LogP contribution < -0.4 is 0 Å². The van der Waals surface area contributed by atoms with Crippen LogP contribution in [0.25, 0.3) is 0 Å². The monoisotopic (exact) mass is 236 g/mol. The lowest BCUT2D eigenvalue weighted by Gasteiger charge is -2.23. The summed E-state index contributed by atoms with van der Waals surface area (Å²) < 4.78 is 6.10. The molecule has 0 aromatic heterocycles. The molecule has 0 fully saturated rings. The number of nitrogens with zero attached hydrogens (tertiary/aromatic N) is 1. The number of ether oxygens (including phenoxy) is 1. The van der Waals surface area contributed by atoms with Gasteiger partial charge in [-0.15, -0.1) is 0 Å². The molecule has 0 spiro atoms. The Morgan fingerprint density at radius 2 is 1.71 bits per heavy atom. The molecule has 0 unspecified atom stereocenters. The van der Waals surface area contributed by atoms with Crippen LogP contribution in [0.15, 0.2) is 18.2 Å². The summed E-state index contributed by atoms with van der Waals surface area (Å²) in [4.78, 5) is 11.9. The van der Waals surface area contributed by atoms with Crippen molar-refractivity contribution in [2.75, 3.05) is 34.3 Å². The third-order valence-corrected chi connectivity index (χ3v) is 2.68. The Balaban J connectivity index is 2.65. The molecule has 0 radical (unpaired) electrons. The van der Waals surface area contributed by atoms with E-state index in [-0.39, 0.29) is 5.97 Å². The fraction of sp³-hybridized carbons (Fsp3) is 0.500. The highest BCUT2D eigenvalue weighted by Crippen LogP contribution is 2.14. The smallest absolute Gasteiger partial charge is 0.338 e. The van der Waals surface area contributed by atoms with Crippen LogP contribution in [0.4, 0.5) is 0 Å². The lowest BCUT2D eigenvalue weighted by Crippen LogP contribution is -2.38. The Kier molecular flexibility index (Phi) is 4.29. The zero-order valence-corrected chi connectivity index (χ0v) is 11.4. The Morgan fingerprint density at radius 1 is 1.18 bits per heavy atom. The second kappa shape index (κ2) is 5.32. The van der Waals surface area contributed by atoms with Gasteiger partial charge in [0.15, 0.2) is 0 Å². The van der Waals surface area contributed by atoms with Gasteiger partial charge in [-0.05, 0) is 25.0 Å². The van der Waals surface area contributed by atoms with E-state index in [9.17, 15) is 4.79 Å². The van der Waals surface area contributed by atoms with Crippen molar-refractivity contribution >= 4 is 5.97 Å². The summed E-state index contributed by atoms with van der Waals surface area (Å²) in [5.74, 6) is -0.214. The molecule has 17 heavy (non-hydrogen) atoms. The lowest BCUT2D eigenvalue weighted by molar-refractivity contribution is -0.870.